The first-order valence-corrected chi connectivity index (χ1v) is 7.96. The van der Waals surface area contributed by atoms with Crippen molar-refractivity contribution in [2.45, 2.75) is 44.6 Å². The molecule has 3 N–H and O–H groups in total. The van der Waals surface area contributed by atoms with Crippen LogP contribution >= 0.6 is 0 Å². The lowest BCUT2D eigenvalue weighted by molar-refractivity contribution is -0.163. The minimum absolute atomic E-state index is 0.118. The van der Waals surface area contributed by atoms with Crippen molar-refractivity contribution >= 4 is 5.97 Å². The third kappa shape index (κ3) is 2.76. The van der Waals surface area contributed by atoms with Crippen LogP contribution < -0.4 is 11.1 Å². The van der Waals surface area contributed by atoms with Crippen molar-refractivity contribution < 1.29 is 14.3 Å². The molecule has 22 heavy (non-hydrogen) atoms. The summed E-state index contributed by atoms with van der Waals surface area (Å²) in [6, 6.07) is 9.57. The van der Waals surface area contributed by atoms with Gasteiger partial charge in [0.15, 0.2) is 6.10 Å². The first-order valence-electron chi connectivity index (χ1n) is 7.96. The van der Waals surface area contributed by atoms with Crippen molar-refractivity contribution in [2.24, 2.45) is 11.1 Å². The van der Waals surface area contributed by atoms with Gasteiger partial charge in [-0.1, -0.05) is 30.3 Å². The number of hydrogen-bond donors (Lipinski definition) is 2. The Bertz CT molecular complexity index is 514. The fourth-order valence-electron chi connectivity index (χ4n) is 3.66. The van der Waals surface area contributed by atoms with Gasteiger partial charge in [-0.2, -0.15) is 0 Å². The minimum atomic E-state index is -0.552. The Hall–Kier alpha value is -1.43. The summed E-state index contributed by atoms with van der Waals surface area (Å²) in [5.74, 6) is -0.287. The highest BCUT2D eigenvalue weighted by Crippen LogP contribution is 2.45. The average molecular weight is 304 g/mol. The van der Waals surface area contributed by atoms with Crippen LogP contribution in [0.4, 0.5) is 0 Å². The predicted molar refractivity (Wildman–Crippen MR) is 83.1 cm³/mol. The summed E-state index contributed by atoms with van der Waals surface area (Å²) in [7, 11) is 0. The molecule has 5 heteroatoms. The quantitative estimate of drug-likeness (QED) is 0.821. The van der Waals surface area contributed by atoms with E-state index >= 15 is 0 Å². The molecule has 0 saturated carbocycles. The monoisotopic (exact) mass is 304 g/mol. The van der Waals surface area contributed by atoms with Gasteiger partial charge in [0.25, 0.3) is 0 Å². The smallest absolute Gasteiger partial charge is 0.336 e. The van der Waals surface area contributed by atoms with Gasteiger partial charge < -0.3 is 20.5 Å². The molecule has 2 saturated heterocycles. The molecule has 3 atom stereocenters. The molecule has 0 amide bonds. The molecule has 0 aliphatic carbocycles. The van der Waals surface area contributed by atoms with Gasteiger partial charge >= 0.3 is 5.97 Å². The summed E-state index contributed by atoms with van der Waals surface area (Å²) < 4.78 is 11.4. The normalized spacial score (nSPS) is 30.4. The molecule has 0 aromatic heterocycles. The zero-order chi connectivity index (χ0) is 15.6. The van der Waals surface area contributed by atoms with Crippen LogP contribution in [0.2, 0.25) is 0 Å². The van der Waals surface area contributed by atoms with Crippen molar-refractivity contribution in [2.75, 3.05) is 13.1 Å². The number of hydrogen-bond acceptors (Lipinski definition) is 5. The van der Waals surface area contributed by atoms with E-state index in [0.29, 0.717) is 0 Å². The molecular formula is C17H24N2O3. The molecule has 2 fully saturated rings. The summed E-state index contributed by atoms with van der Waals surface area (Å²) in [5.41, 5.74) is 7.05. The second-order valence-corrected chi connectivity index (χ2v) is 6.32. The molecule has 1 spiro atoms. The van der Waals surface area contributed by atoms with Crippen LogP contribution in [0.15, 0.2) is 30.3 Å². The molecular weight excluding hydrogens is 280 g/mol. The second kappa shape index (κ2) is 6.36. The van der Waals surface area contributed by atoms with Crippen molar-refractivity contribution in [1.82, 2.24) is 5.32 Å². The standard InChI is InChI=1S/C17H24N2O3/c1-12-14(18)17(7-9-19-10-8-17)15(22-12)16(20)21-11-13-5-3-2-4-6-13/h2-6,12,14-15,19H,7-11,18H2,1H3/t12-,14+,15?/m0/s1. The van der Waals surface area contributed by atoms with Gasteiger partial charge in [-0.15, -0.1) is 0 Å². The van der Waals surface area contributed by atoms with Crippen LogP contribution in [0.25, 0.3) is 0 Å². The molecule has 0 radical (unpaired) electrons. The molecule has 1 unspecified atom stereocenters. The van der Waals surface area contributed by atoms with Gasteiger partial charge in [0.2, 0.25) is 0 Å². The molecule has 3 rings (SSSR count). The first kappa shape index (κ1) is 15.5. The lowest BCUT2D eigenvalue weighted by atomic mass is 9.69. The molecule has 2 heterocycles. The summed E-state index contributed by atoms with van der Waals surface area (Å²) >= 11 is 0. The minimum Gasteiger partial charge on any atom is -0.459 e. The number of esters is 1. The number of nitrogens with one attached hydrogen (secondary N) is 1. The third-order valence-corrected chi connectivity index (χ3v) is 5.01. The van der Waals surface area contributed by atoms with Crippen LogP contribution in [0.3, 0.4) is 0 Å². The number of rotatable bonds is 3. The summed E-state index contributed by atoms with van der Waals surface area (Å²) in [5, 5.41) is 3.33. The molecule has 2 aliphatic rings. The highest BCUT2D eigenvalue weighted by Gasteiger charge is 2.57. The van der Waals surface area contributed by atoms with Crippen molar-refractivity contribution in [3.8, 4) is 0 Å². The average Bonchev–Trinajstić information content (AvgIpc) is 2.80. The Balaban J connectivity index is 1.70. The number of benzene rings is 1. The molecule has 5 nitrogen and oxygen atoms in total. The van der Waals surface area contributed by atoms with E-state index in [-0.39, 0.29) is 30.1 Å². The van der Waals surface area contributed by atoms with E-state index in [1.807, 2.05) is 37.3 Å². The van der Waals surface area contributed by atoms with Crippen LogP contribution in [0.5, 0.6) is 0 Å². The Morgan fingerprint density at radius 3 is 2.73 bits per heavy atom. The zero-order valence-corrected chi connectivity index (χ0v) is 13.0. The molecule has 1 aromatic rings. The SMILES string of the molecule is C[C@@H]1OC(C(=O)OCc2ccccc2)C2(CCNCC2)[C@@H]1N. The van der Waals surface area contributed by atoms with E-state index in [1.54, 1.807) is 0 Å². The Morgan fingerprint density at radius 1 is 1.36 bits per heavy atom. The summed E-state index contributed by atoms with van der Waals surface area (Å²) in [6.07, 6.45) is 1.03. The topological polar surface area (TPSA) is 73.6 Å². The van der Waals surface area contributed by atoms with Gasteiger partial charge in [-0.3, -0.25) is 0 Å². The Kier molecular flexibility index (Phi) is 4.47. The van der Waals surface area contributed by atoms with Gasteiger partial charge in [0, 0.05) is 11.5 Å². The van der Waals surface area contributed by atoms with Crippen LogP contribution in [-0.2, 0) is 20.9 Å². The Morgan fingerprint density at radius 2 is 2.05 bits per heavy atom. The highest BCUT2D eigenvalue weighted by atomic mass is 16.6. The van der Waals surface area contributed by atoms with Crippen molar-refractivity contribution in [3.63, 3.8) is 0 Å². The van der Waals surface area contributed by atoms with Gasteiger partial charge in [0.1, 0.15) is 6.61 Å². The molecule has 0 bridgehead atoms. The largest absolute Gasteiger partial charge is 0.459 e. The summed E-state index contributed by atoms with van der Waals surface area (Å²) in [4.78, 5) is 12.6. The zero-order valence-electron chi connectivity index (χ0n) is 13.0. The van der Waals surface area contributed by atoms with E-state index in [0.717, 1.165) is 31.5 Å². The number of carbonyl (C=O) groups excluding carboxylic acids is 1. The van der Waals surface area contributed by atoms with E-state index < -0.39 is 6.10 Å². The maximum Gasteiger partial charge on any atom is 0.336 e. The molecule has 1 aromatic carbocycles. The molecule has 2 aliphatic heterocycles. The number of ether oxygens (including phenoxy) is 2. The second-order valence-electron chi connectivity index (χ2n) is 6.32. The number of piperidine rings is 1. The van der Waals surface area contributed by atoms with Crippen LogP contribution in [-0.4, -0.2) is 37.3 Å². The van der Waals surface area contributed by atoms with Crippen LogP contribution in [0.1, 0.15) is 25.3 Å². The lowest BCUT2D eigenvalue weighted by Crippen LogP contribution is -2.54. The maximum atomic E-state index is 12.6. The fourth-order valence-corrected chi connectivity index (χ4v) is 3.66. The van der Waals surface area contributed by atoms with E-state index in [1.165, 1.54) is 0 Å². The lowest BCUT2D eigenvalue weighted by Gasteiger charge is -2.39. The van der Waals surface area contributed by atoms with E-state index in [9.17, 15) is 4.79 Å². The van der Waals surface area contributed by atoms with Gasteiger partial charge in [-0.05, 0) is 38.4 Å². The highest BCUT2D eigenvalue weighted by molar-refractivity contribution is 5.76. The van der Waals surface area contributed by atoms with Crippen LogP contribution in [0, 0.1) is 5.41 Å². The third-order valence-electron chi connectivity index (χ3n) is 5.01. The van der Waals surface area contributed by atoms with Gasteiger partial charge in [0.05, 0.1) is 6.10 Å². The number of nitrogens with two attached hydrogens (primary N) is 1. The van der Waals surface area contributed by atoms with Crippen molar-refractivity contribution in [3.05, 3.63) is 35.9 Å². The Labute approximate surface area is 131 Å². The summed E-state index contributed by atoms with van der Waals surface area (Å²) in [6.45, 7) is 3.95. The maximum absolute atomic E-state index is 12.6. The molecule has 120 valence electrons. The predicted octanol–water partition coefficient (Wildman–Crippen LogP) is 1.21. The van der Waals surface area contributed by atoms with Crippen molar-refractivity contribution in [1.29, 1.82) is 0 Å². The number of carbonyl (C=O) groups is 1. The van der Waals surface area contributed by atoms with Gasteiger partial charge in [-0.25, -0.2) is 4.79 Å². The fraction of sp³-hybridized carbons (Fsp3) is 0.588. The first-order chi connectivity index (χ1) is 10.6. The van der Waals surface area contributed by atoms with E-state index in [2.05, 4.69) is 5.32 Å². The van der Waals surface area contributed by atoms with E-state index in [4.69, 9.17) is 15.2 Å².